The molecule has 0 radical (unpaired) electrons. The zero-order valence-electron chi connectivity index (χ0n) is 15.8. The number of ether oxygens (including phenoxy) is 2. The Morgan fingerprint density at radius 2 is 1.08 bits per heavy atom. The first-order valence-electron chi connectivity index (χ1n) is 8.72. The molecular weight excluding hydrogens is 332 g/mol. The van der Waals surface area contributed by atoms with E-state index in [9.17, 15) is 9.59 Å². The summed E-state index contributed by atoms with van der Waals surface area (Å²) in [6, 6.07) is 0. The first-order valence-corrected chi connectivity index (χ1v) is 10.4. The van der Waals surface area contributed by atoms with Gasteiger partial charge >= 0.3 is 20.7 Å². The van der Waals surface area contributed by atoms with Crippen LogP contribution in [0.2, 0.25) is 5.04 Å². The molecule has 0 saturated heterocycles. The van der Waals surface area contributed by atoms with Gasteiger partial charge < -0.3 is 22.8 Å². The van der Waals surface area contributed by atoms with E-state index in [0.29, 0.717) is 6.42 Å². The lowest BCUT2D eigenvalue weighted by atomic mass is 10.0. The topological polar surface area (TPSA) is 80.3 Å². The standard InChI is InChI=1S/C16H32O7Si/c1-7-13-16(14(17)19-8-2,15(18)20-9-3)24(21-10-4,22-11-5)23-12-6/h7-13H2,1-6H3. The second-order valence-electron chi connectivity index (χ2n) is 4.95. The van der Waals surface area contributed by atoms with Crippen LogP contribution in [0, 0.1) is 0 Å². The molecule has 7 nitrogen and oxygen atoms in total. The highest BCUT2D eigenvalue weighted by molar-refractivity contribution is 6.73. The molecule has 0 unspecified atom stereocenters. The van der Waals surface area contributed by atoms with Crippen molar-refractivity contribution in [2.75, 3.05) is 33.0 Å². The van der Waals surface area contributed by atoms with E-state index in [2.05, 4.69) is 0 Å². The summed E-state index contributed by atoms with van der Waals surface area (Å²) in [7, 11) is -3.75. The third kappa shape index (κ3) is 4.78. The third-order valence-electron chi connectivity index (χ3n) is 3.40. The average molecular weight is 365 g/mol. The minimum absolute atomic E-state index is 0.137. The van der Waals surface area contributed by atoms with E-state index >= 15 is 0 Å². The molecule has 0 spiro atoms. The molecule has 0 aromatic carbocycles. The molecule has 142 valence electrons. The van der Waals surface area contributed by atoms with Gasteiger partial charge in [0.25, 0.3) is 0 Å². The summed E-state index contributed by atoms with van der Waals surface area (Å²) in [5.74, 6) is -1.40. The van der Waals surface area contributed by atoms with Gasteiger partial charge in [-0.05, 0) is 41.0 Å². The van der Waals surface area contributed by atoms with Gasteiger partial charge in [0.15, 0.2) is 0 Å². The van der Waals surface area contributed by atoms with Crippen molar-refractivity contribution in [3.63, 3.8) is 0 Å². The zero-order chi connectivity index (χ0) is 18.6. The number of carbonyl (C=O) groups excluding carboxylic acids is 2. The zero-order valence-corrected chi connectivity index (χ0v) is 16.8. The SMILES string of the molecule is CCCC(C(=O)OCC)(C(=O)OCC)[Si](OCC)(OCC)OCC. The number of hydrogen-bond donors (Lipinski definition) is 0. The van der Waals surface area contributed by atoms with Crippen LogP contribution in [0.15, 0.2) is 0 Å². The van der Waals surface area contributed by atoms with E-state index in [4.69, 9.17) is 22.8 Å². The van der Waals surface area contributed by atoms with Crippen molar-refractivity contribution >= 4 is 20.7 Å². The largest absolute Gasteiger partial charge is 0.530 e. The molecule has 0 atom stereocenters. The summed E-state index contributed by atoms with van der Waals surface area (Å²) in [5.41, 5.74) is 0. The Bertz CT molecular complexity index is 352. The van der Waals surface area contributed by atoms with Crippen molar-refractivity contribution in [1.29, 1.82) is 0 Å². The first kappa shape index (κ1) is 23.0. The molecule has 0 aromatic rings. The summed E-state index contributed by atoms with van der Waals surface area (Å²) in [6.07, 6.45) is 0.719. The molecule has 0 aliphatic heterocycles. The fourth-order valence-electron chi connectivity index (χ4n) is 2.64. The van der Waals surface area contributed by atoms with E-state index in [-0.39, 0.29) is 39.5 Å². The summed E-state index contributed by atoms with van der Waals surface area (Å²) >= 11 is 0. The van der Waals surface area contributed by atoms with E-state index in [1.165, 1.54) is 0 Å². The molecule has 0 heterocycles. The number of rotatable bonds is 13. The van der Waals surface area contributed by atoms with Gasteiger partial charge in [-0.15, -0.1) is 0 Å². The Kier molecular flexibility index (Phi) is 11.1. The summed E-state index contributed by atoms with van der Waals surface area (Å²) in [4.78, 5) is 25.8. The van der Waals surface area contributed by atoms with Gasteiger partial charge in [0.1, 0.15) is 0 Å². The molecule has 8 heteroatoms. The predicted molar refractivity (Wildman–Crippen MR) is 91.5 cm³/mol. The van der Waals surface area contributed by atoms with E-state index < -0.39 is 25.8 Å². The quantitative estimate of drug-likeness (QED) is 0.282. The first-order chi connectivity index (χ1) is 11.5. The van der Waals surface area contributed by atoms with Gasteiger partial charge in [-0.1, -0.05) is 13.3 Å². The van der Waals surface area contributed by atoms with E-state index in [0.717, 1.165) is 0 Å². The predicted octanol–water partition coefficient (Wildman–Crippen LogP) is 2.70. The van der Waals surface area contributed by atoms with Crippen LogP contribution in [0.3, 0.4) is 0 Å². The smallest absolute Gasteiger partial charge is 0.465 e. The average Bonchev–Trinajstić information content (AvgIpc) is 2.53. The Morgan fingerprint density at radius 3 is 1.33 bits per heavy atom. The summed E-state index contributed by atoms with van der Waals surface area (Å²) in [6.45, 7) is 11.6. The third-order valence-corrected chi connectivity index (χ3v) is 7.11. The monoisotopic (exact) mass is 364 g/mol. The van der Waals surface area contributed by atoms with Crippen molar-refractivity contribution in [1.82, 2.24) is 0 Å². The highest BCUT2D eigenvalue weighted by Gasteiger charge is 2.72. The second-order valence-corrected chi connectivity index (χ2v) is 7.78. The lowest BCUT2D eigenvalue weighted by molar-refractivity contribution is -0.164. The normalized spacial score (nSPS) is 12.1. The molecule has 0 aliphatic rings. The number of hydrogen-bond acceptors (Lipinski definition) is 7. The lowest BCUT2D eigenvalue weighted by Crippen LogP contribution is -2.63. The molecule has 0 N–H and O–H groups in total. The Balaban J connectivity index is 6.39. The van der Waals surface area contributed by atoms with Crippen LogP contribution in [-0.4, -0.2) is 53.8 Å². The molecule has 0 rings (SSSR count). The van der Waals surface area contributed by atoms with Crippen LogP contribution in [0.5, 0.6) is 0 Å². The Labute approximate surface area is 146 Å². The molecule has 0 bridgehead atoms. The van der Waals surface area contributed by atoms with Crippen LogP contribution in [0.1, 0.15) is 54.4 Å². The fraction of sp³-hybridized carbons (Fsp3) is 0.875. The fourth-order valence-corrected chi connectivity index (χ4v) is 5.97. The molecule has 0 fully saturated rings. The van der Waals surface area contributed by atoms with Crippen LogP contribution < -0.4 is 0 Å². The van der Waals surface area contributed by atoms with Crippen molar-refractivity contribution in [3.05, 3.63) is 0 Å². The molecule has 0 amide bonds. The van der Waals surface area contributed by atoms with Crippen LogP contribution >= 0.6 is 0 Å². The van der Waals surface area contributed by atoms with Gasteiger partial charge in [0, 0.05) is 19.8 Å². The molecule has 0 aliphatic carbocycles. The van der Waals surface area contributed by atoms with Crippen molar-refractivity contribution in [2.24, 2.45) is 0 Å². The maximum Gasteiger partial charge on any atom is 0.530 e. The van der Waals surface area contributed by atoms with Crippen LogP contribution in [-0.2, 0) is 32.3 Å². The molecule has 0 saturated carbocycles. The highest BCUT2D eigenvalue weighted by Crippen LogP contribution is 2.47. The van der Waals surface area contributed by atoms with Crippen molar-refractivity contribution in [3.8, 4) is 0 Å². The number of carbonyl (C=O) groups is 2. The minimum atomic E-state index is -3.75. The maximum atomic E-state index is 12.9. The van der Waals surface area contributed by atoms with E-state index in [1.807, 2.05) is 6.92 Å². The Morgan fingerprint density at radius 1 is 0.708 bits per heavy atom. The Hall–Kier alpha value is -0.963. The second kappa shape index (κ2) is 11.6. The molecular formula is C16H32O7Si. The number of esters is 2. The van der Waals surface area contributed by atoms with Gasteiger partial charge in [0.05, 0.1) is 13.2 Å². The maximum absolute atomic E-state index is 12.9. The van der Waals surface area contributed by atoms with Gasteiger partial charge in [-0.3, -0.25) is 9.59 Å². The van der Waals surface area contributed by atoms with Gasteiger partial charge in [-0.25, -0.2) is 0 Å². The highest BCUT2D eigenvalue weighted by atomic mass is 28.4. The van der Waals surface area contributed by atoms with Crippen molar-refractivity contribution in [2.45, 2.75) is 59.4 Å². The van der Waals surface area contributed by atoms with Gasteiger partial charge in [-0.2, -0.15) is 0 Å². The molecule has 0 aromatic heterocycles. The minimum Gasteiger partial charge on any atom is -0.465 e. The van der Waals surface area contributed by atoms with Crippen LogP contribution in [0.4, 0.5) is 0 Å². The summed E-state index contributed by atoms with van der Waals surface area (Å²) < 4.78 is 28.0. The lowest BCUT2D eigenvalue weighted by Gasteiger charge is -2.41. The molecule has 24 heavy (non-hydrogen) atoms. The van der Waals surface area contributed by atoms with Gasteiger partial charge in [0.2, 0.25) is 5.04 Å². The summed E-state index contributed by atoms with van der Waals surface area (Å²) in [5, 5.41) is -1.71. The van der Waals surface area contributed by atoms with Crippen molar-refractivity contribution < 1.29 is 32.3 Å². The van der Waals surface area contributed by atoms with Crippen LogP contribution in [0.25, 0.3) is 0 Å². The van der Waals surface area contributed by atoms with E-state index in [1.54, 1.807) is 34.6 Å².